The van der Waals surface area contributed by atoms with Gasteiger partial charge in [-0.2, -0.15) is 0 Å². The molecule has 1 atom stereocenters. The number of piperidine rings is 2. The van der Waals surface area contributed by atoms with E-state index in [2.05, 4.69) is 32.3 Å². The molecule has 0 aromatic carbocycles. The Morgan fingerprint density at radius 1 is 1.15 bits per heavy atom. The lowest BCUT2D eigenvalue weighted by molar-refractivity contribution is 0.154. The van der Waals surface area contributed by atoms with Gasteiger partial charge in [0.1, 0.15) is 0 Å². The highest BCUT2D eigenvalue weighted by molar-refractivity contribution is 14.0. The molecule has 2 saturated heterocycles. The fraction of sp³-hybridized carbons (Fsp3) is 0.947. The average molecular weight is 481 g/mol. The second kappa shape index (κ2) is 14.0. The largest absolute Gasteiger partial charge is 0.385 e. The number of likely N-dealkylation sites (tertiary alicyclic amines) is 2. The third-order valence-electron chi connectivity index (χ3n) is 5.64. The molecule has 2 fully saturated rings. The summed E-state index contributed by atoms with van der Waals surface area (Å²) in [6, 6.07) is 1.19. The second-order valence-electron chi connectivity index (χ2n) is 7.34. The predicted octanol–water partition coefficient (Wildman–Crippen LogP) is 2.14. The molecule has 0 amide bonds. The summed E-state index contributed by atoms with van der Waals surface area (Å²) in [7, 11) is 3.66. The van der Waals surface area contributed by atoms with Crippen LogP contribution in [0.25, 0.3) is 0 Å². The van der Waals surface area contributed by atoms with Crippen molar-refractivity contribution in [2.24, 2.45) is 4.99 Å². The minimum absolute atomic E-state index is 0. The SMILES string of the molecule is CCN1CCCCC1CNC(=NC)NC1CCN(CCCOC)CC1.I. The number of hydrogen-bond donors (Lipinski definition) is 2. The summed E-state index contributed by atoms with van der Waals surface area (Å²) in [5, 5.41) is 7.21. The Kier molecular flexibility index (Phi) is 12.8. The van der Waals surface area contributed by atoms with Crippen molar-refractivity contribution in [1.82, 2.24) is 20.4 Å². The van der Waals surface area contributed by atoms with Crippen LogP contribution >= 0.6 is 24.0 Å². The molecule has 0 aliphatic carbocycles. The fourth-order valence-electron chi connectivity index (χ4n) is 4.04. The number of nitrogens with zero attached hydrogens (tertiary/aromatic N) is 3. The first-order valence-corrected chi connectivity index (χ1v) is 10.2. The number of halogens is 1. The number of likely N-dealkylation sites (N-methyl/N-ethyl adjacent to an activating group) is 1. The molecule has 0 bridgehead atoms. The highest BCUT2D eigenvalue weighted by atomic mass is 127. The zero-order valence-electron chi connectivity index (χ0n) is 17.0. The molecular formula is C19H40IN5O. The minimum atomic E-state index is 0. The molecule has 2 N–H and O–H groups in total. The van der Waals surface area contributed by atoms with E-state index in [-0.39, 0.29) is 24.0 Å². The number of nitrogens with one attached hydrogen (secondary N) is 2. The lowest BCUT2D eigenvalue weighted by atomic mass is 10.0. The fourth-order valence-corrected chi connectivity index (χ4v) is 4.04. The van der Waals surface area contributed by atoms with Crippen molar-refractivity contribution in [3.63, 3.8) is 0 Å². The molecule has 2 aliphatic heterocycles. The smallest absolute Gasteiger partial charge is 0.191 e. The summed E-state index contributed by atoms with van der Waals surface area (Å²) in [4.78, 5) is 9.59. The summed E-state index contributed by atoms with van der Waals surface area (Å²) < 4.78 is 5.15. The summed E-state index contributed by atoms with van der Waals surface area (Å²) >= 11 is 0. The molecule has 154 valence electrons. The Morgan fingerprint density at radius 3 is 2.58 bits per heavy atom. The quantitative estimate of drug-likeness (QED) is 0.241. The normalized spacial score (nSPS) is 23.5. The van der Waals surface area contributed by atoms with Crippen LogP contribution in [0.2, 0.25) is 0 Å². The van der Waals surface area contributed by atoms with E-state index in [1.165, 1.54) is 51.7 Å². The second-order valence-corrected chi connectivity index (χ2v) is 7.34. The standard InChI is InChI=1S/C19H39N5O.HI/c1-4-24-12-6-5-8-18(24)16-21-19(20-2)22-17-9-13-23(14-10-17)11-7-15-25-3;/h17-18H,4-16H2,1-3H3,(H2,20,21,22);1H. The molecule has 0 aromatic heterocycles. The first kappa shape index (κ1) is 23.9. The monoisotopic (exact) mass is 481 g/mol. The Bertz CT molecular complexity index is 388. The molecular weight excluding hydrogens is 441 g/mol. The Labute approximate surface area is 177 Å². The summed E-state index contributed by atoms with van der Waals surface area (Å²) in [5.74, 6) is 0.972. The Hall–Kier alpha value is -0.120. The number of methoxy groups -OCH3 is 1. The number of ether oxygens (including phenoxy) is 1. The van der Waals surface area contributed by atoms with Crippen LogP contribution in [0.3, 0.4) is 0 Å². The van der Waals surface area contributed by atoms with E-state index in [9.17, 15) is 0 Å². The molecule has 0 radical (unpaired) electrons. The molecule has 6 nitrogen and oxygen atoms in total. The number of rotatable bonds is 8. The maximum atomic E-state index is 5.15. The maximum absolute atomic E-state index is 5.15. The average Bonchev–Trinajstić information content (AvgIpc) is 2.66. The highest BCUT2D eigenvalue weighted by Gasteiger charge is 2.22. The van der Waals surface area contributed by atoms with Gasteiger partial charge in [-0.25, -0.2) is 0 Å². The van der Waals surface area contributed by atoms with E-state index in [1.54, 1.807) is 7.11 Å². The van der Waals surface area contributed by atoms with Crippen molar-refractivity contribution in [3.8, 4) is 0 Å². The van der Waals surface area contributed by atoms with Crippen molar-refractivity contribution in [2.45, 2.75) is 57.5 Å². The van der Waals surface area contributed by atoms with E-state index < -0.39 is 0 Å². The van der Waals surface area contributed by atoms with Crippen LogP contribution in [0.15, 0.2) is 4.99 Å². The zero-order valence-corrected chi connectivity index (χ0v) is 19.3. The third kappa shape index (κ3) is 8.27. The van der Waals surface area contributed by atoms with E-state index in [0.29, 0.717) is 12.1 Å². The van der Waals surface area contributed by atoms with Gasteiger partial charge < -0.3 is 20.3 Å². The van der Waals surface area contributed by atoms with Crippen LogP contribution in [0.4, 0.5) is 0 Å². The molecule has 26 heavy (non-hydrogen) atoms. The molecule has 0 aromatic rings. The Balaban J connectivity index is 0.00000338. The number of guanidine groups is 1. The first-order valence-electron chi connectivity index (χ1n) is 10.2. The number of hydrogen-bond acceptors (Lipinski definition) is 4. The summed E-state index contributed by atoms with van der Waals surface area (Å²) in [5.41, 5.74) is 0. The van der Waals surface area contributed by atoms with Gasteiger partial charge in [0, 0.05) is 59.0 Å². The van der Waals surface area contributed by atoms with Crippen molar-refractivity contribution in [2.75, 3.05) is 60.0 Å². The molecule has 1 unspecified atom stereocenters. The van der Waals surface area contributed by atoms with Gasteiger partial charge in [0.2, 0.25) is 0 Å². The van der Waals surface area contributed by atoms with Gasteiger partial charge in [-0.1, -0.05) is 13.3 Å². The van der Waals surface area contributed by atoms with Crippen LogP contribution < -0.4 is 10.6 Å². The van der Waals surface area contributed by atoms with Gasteiger partial charge in [0.05, 0.1) is 0 Å². The van der Waals surface area contributed by atoms with Crippen molar-refractivity contribution < 1.29 is 4.74 Å². The molecule has 2 aliphatic rings. The molecule has 2 rings (SSSR count). The third-order valence-corrected chi connectivity index (χ3v) is 5.64. The van der Waals surface area contributed by atoms with Gasteiger partial charge in [-0.3, -0.25) is 9.89 Å². The van der Waals surface area contributed by atoms with Crippen LogP contribution in [-0.4, -0.2) is 87.9 Å². The van der Waals surface area contributed by atoms with Gasteiger partial charge in [0.25, 0.3) is 0 Å². The van der Waals surface area contributed by atoms with Gasteiger partial charge in [-0.05, 0) is 45.2 Å². The van der Waals surface area contributed by atoms with Crippen molar-refractivity contribution in [1.29, 1.82) is 0 Å². The van der Waals surface area contributed by atoms with Gasteiger partial charge in [0.15, 0.2) is 5.96 Å². The minimum Gasteiger partial charge on any atom is -0.385 e. The summed E-state index contributed by atoms with van der Waals surface area (Å²) in [6.07, 6.45) is 7.53. The predicted molar refractivity (Wildman–Crippen MR) is 121 cm³/mol. The first-order chi connectivity index (χ1) is 12.3. The highest BCUT2D eigenvalue weighted by Crippen LogP contribution is 2.16. The van der Waals surface area contributed by atoms with Crippen molar-refractivity contribution in [3.05, 3.63) is 0 Å². The van der Waals surface area contributed by atoms with Crippen LogP contribution in [0.1, 0.15) is 45.4 Å². The zero-order chi connectivity index (χ0) is 17.9. The van der Waals surface area contributed by atoms with E-state index >= 15 is 0 Å². The summed E-state index contributed by atoms with van der Waals surface area (Å²) in [6.45, 7) is 10.0. The maximum Gasteiger partial charge on any atom is 0.191 e. The van der Waals surface area contributed by atoms with E-state index in [4.69, 9.17) is 4.74 Å². The lowest BCUT2D eigenvalue weighted by Crippen LogP contribution is -2.52. The van der Waals surface area contributed by atoms with Crippen LogP contribution in [0, 0.1) is 0 Å². The topological polar surface area (TPSA) is 52.1 Å². The van der Waals surface area contributed by atoms with E-state index in [0.717, 1.165) is 38.6 Å². The number of aliphatic imine (C=N–C) groups is 1. The van der Waals surface area contributed by atoms with E-state index in [1.807, 2.05) is 7.05 Å². The molecule has 2 heterocycles. The Morgan fingerprint density at radius 2 is 1.92 bits per heavy atom. The molecule has 7 heteroatoms. The van der Waals surface area contributed by atoms with Crippen LogP contribution in [-0.2, 0) is 4.74 Å². The molecule has 0 saturated carbocycles. The van der Waals surface area contributed by atoms with Crippen molar-refractivity contribution >= 4 is 29.9 Å². The van der Waals surface area contributed by atoms with Gasteiger partial charge in [-0.15, -0.1) is 24.0 Å². The molecule has 0 spiro atoms. The lowest BCUT2D eigenvalue weighted by Gasteiger charge is -2.36. The van der Waals surface area contributed by atoms with Crippen LogP contribution in [0.5, 0.6) is 0 Å². The van der Waals surface area contributed by atoms with Gasteiger partial charge >= 0.3 is 0 Å².